The van der Waals surface area contributed by atoms with Crippen molar-refractivity contribution in [3.05, 3.63) is 63.6 Å². The molecule has 0 saturated heterocycles. The molecule has 0 bridgehead atoms. The van der Waals surface area contributed by atoms with Crippen LogP contribution in [0.25, 0.3) is 0 Å². The minimum Gasteiger partial charge on any atom is -0.481 e. The molecule has 0 aliphatic heterocycles. The van der Waals surface area contributed by atoms with Gasteiger partial charge in [-0.15, -0.1) is 0 Å². The van der Waals surface area contributed by atoms with Crippen molar-refractivity contribution in [2.75, 3.05) is 5.32 Å². The number of carbonyl (C=O) groups is 2. The van der Waals surface area contributed by atoms with Crippen LogP contribution in [0.3, 0.4) is 0 Å². The first-order valence-electron chi connectivity index (χ1n) is 6.34. The van der Waals surface area contributed by atoms with Crippen molar-refractivity contribution in [1.29, 1.82) is 0 Å². The van der Waals surface area contributed by atoms with E-state index >= 15 is 0 Å². The minimum absolute atomic E-state index is 0.0301. The number of carboxylic acids is 1. The van der Waals surface area contributed by atoms with Gasteiger partial charge in [-0.2, -0.15) is 0 Å². The standard InChI is InChI=1S/C16H14BrNO3/c1-10-3-2-4-13(15(10)17)16(21)18-12-7-5-11(6-8-12)9-14(19)20/h2-8H,9H2,1H3,(H,18,21)(H,19,20). The van der Waals surface area contributed by atoms with Gasteiger partial charge in [-0.05, 0) is 52.2 Å². The van der Waals surface area contributed by atoms with E-state index in [1.165, 1.54) is 0 Å². The molecule has 0 aliphatic rings. The summed E-state index contributed by atoms with van der Waals surface area (Å²) in [6.45, 7) is 1.92. The lowest BCUT2D eigenvalue weighted by molar-refractivity contribution is -0.136. The number of halogens is 1. The van der Waals surface area contributed by atoms with Crippen molar-refractivity contribution in [3.63, 3.8) is 0 Å². The summed E-state index contributed by atoms with van der Waals surface area (Å²) in [6, 6.07) is 12.3. The predicted octanol–water partition coefficient (Wildman–Crippen LogP) is 3.64. The van der Waals surface area contributed by atoms with Crippen LogP contribution in [-0.4, -0.2) is 17.0 Å². The summed E-state index contributed by atoms with van der Waals surface area (Å²) in [5.41, 5.74) is 2.86. The maximum atomic E-state index is 12.2. The Morgan fingerprint density at radius 2 is 1.81 bits per heavy atom. The third-order valence-corrected chi connectivity index (χ3v) is 4.06. The van der Waals surface area contributed by atoms with E-state index in [2.05, 4.69) is 21.2 Å². The van der Waals surface area contributed by atoms with Crippen LogP contribution in [0.2, 0.25) is 0 Å². The van der Waals surface area contributed by atoms with Crippen LogP contribution in [0, 0.1) is 6.92 Å². The van der Waals surface area contributed by atoms with Crippen molar-refractivity contribution in [1.82, 2.24) is 0 Å². The van der Waals surface area contributed by atoms with E-state index in [0.717, 1.165) is 10.0 Å². The number of aryl methyl sites for hydroxylation is 1. The second-order valence-corrected chi connectivity index (χ2v) is 5.45. The van der Waals surface area contributed by atoms with Gasteiger partial charge in [0.05, 0.1) is 12.0 Å². The van der Waals surface area contributed by atoms with E-state index in [9.17, 15) is 9.59 Å². The summed E-state index contributed by atoms with van der Waals surface area (Å²) in [7, 11) is 0. The molecule has 0 atom stereocenters. The Morgan fingerprint density at radius 3 is 2.43 bits per heavy atom. The molecule has 0 saturated carbocycles. The van der Waals surface area contributed by atoms with Gasteiger partial charge in [0.15, 0.2) is 0 Å². The van der Waals surface area contributed by atoms with Crippen molar-refractivity contribution < 1.29 is 14.7 Å². The fourth-order valence-electron chi connectivity index (χ4n) is 1.90. The third kappa shape index (κ3) is 3.92. The van der Waals surface area contributed by atoms with Gasteiger partial charge in [-0.25, -0.2) is 0 Å². The smallest absolute Gasteiger partial charge is 0.307 e. The second kappa shape index (κ2) is 6.54. The number of rotatable bonds is 4. The largest absolute Gasteiger partial charge is 0.481 e. The van der Waals surface area contributed by atoms with Gasteiger partial charge in [0.2, 0.25) is 0 Å². The Kier molecular flexibility index (Phi) is 4.75. The van der Waals surface area contributed by atoms with Crippen LogP contribution in [0.15, 0.2) is 46.9 Å². The average molecular weight is 348 g/mol. The Morgan fingerprint density at radius 1 is 1.14 bits per heavy atom. The first kappa shape index (κ1) is 15.3. The Hall–Kier alpha value is -2.14. The molecule has 108 valence electrons. The lowest BCUT2D eigenvalue weighted by Gasteiger charge is -2.09. The van der Waals surface area contributed by atoms with E-state index in [1.54, 1.807) is 30.3 Å². The molecule has 2 aromatic rings. The van der Waals surface area contributed by atoms with Crippen LogP contribution >= 0.6 is 15.9 Å². The van der Waals surface area contributed by atoms with Crippen LogP contribution in [0.4, 0.5) is 5.69 Å². The van der Waals surface area contributed by atoms with Gasteiger partial charge in [-0.1, -0.05) is 24.3 Å². The van der Waals surface area contributed by atoms with E-state index < -0.39 is 5.97 Å². The maximum absolute atomic E-state index is 12.2. The molecule has 0 unspecified atom stereocenters. The molecule has 0 radical (unpaired) electrons. The molecular formula is C16H14BrNO3. The lowest BCUT2D eigenvalue weighted by Crippen LogP contribution is -2.13. The zero-order valence-electron chi connectivity index (χ0n) is 11.4. The third-order valence-electron chi connectivity index (χ3n) is 3.00. The molecule has 21 heavy (non-hydrogen) atoms. The first-order chi connectivity index (χ1) is 9.97. The van der Waals surface area contributed by atoms with Crippen molar-refractivity contribution >= 4 is 33.5 Å². The number of aliphatic carboxylic acids is 1. The predicted molar refractivity (Wildman–Crippen MR) is 84.6 cm³/mol. The molecule has 4 nitrogen and oxygen atoms in total. The number of nitrogens with one attached hydrogen (secondary N) is 1. The molecule has 0 spiro atoms. The Bertz CT molecular complexity index is 680. The summed E-state index contributed by atoms with van der Waals surface area (Å²) in [6.07, 6.45) is -0.0301. The highest BCUT2D eigenvalue weighted by atomic mass is 79.9. The summed E-state index contributed by atoms with van der Waals surface area (Å²) in [5.74, 6) is -1.09. The van der Waals surface area contributed by atoms with Gasteiger partial charge < -0.3 is 10.4 Å². The van der Waals surface area contributed by atoms with Gasteiger partial charge in [0.1, 0.15) is 0 Å². The van der Waals surface area contributed by atoms with E-state index in [4.69, 9.17) is 5.11 Å². The zero-order chi connectivity index (χ0) is 15.4. The lowest BCUT2D eigenvalue weighted by atomic mass is 10.1. The highest BCUT2D eigenvalue weighted by molar-refractivity contribution is 9.10. The van der Waals surface area contributed by atoms with Gasteiger partial charge in [0.25, 0.3) is 5.91 Å². The number of carboxylic acid groups (broad SMARTS) is 1. The van der Waals surface area contributed by atoms with E-state index in [1.807, 2.05) is 19.1 Å². The normalized spacial score (nSPS) is 10.2. The molecule has 2 N–H and O–H groups in total. The molecule has 2 rings (SSSR count). The molecule has 0 aliphatic carbocycles. The van der Waals surface area contributed by atoms with Crippen molar-refractivity contribution in [3.8, 4) is 0 Å². The molecular weight excluding hydrogens is 334 g/mol. The SMILES string of the molecule is Cc1cccc(C(=O)Nc2ccc(CC(=O)O)cc2)c1Br. The van der Waals surface area contributed by atoms with E-state index in [0.29, 0.717) is 16.8 Å². The fourth-order valence-corrected chi connectivity index (χ4v) is 2.35. The van der Waals surface area contributed by atoms with Gasteiger partial charge in [-0.3, -0.25) is 9.59 Å². The number of hydrogen-bond donors (Lipinski definition) is 2. The topological polar surface area (TPSA) is 66.4 Å². The minimum atomic E-state index is -0.879. The maximum Gasteiger partial charge on any atom is 0.307 e. The van der Waals surface area contributed by atoms with Crippen LogP contribution in [0.5, 0.6) is 0 Å². The zero-order valence-corrected chi connectivity index (χ0v) is 13.0. The molecule has 1 amide bonds. The quantitative estimate of drug-likeness (QED) is 0.887. The number of anilines is 1. The summed E-state index contributed by atoms with van der Waals surface area (Å²) in [4.78, 5) is 22.8. The fraction of sp³-hybridized carbons (Fsp3) is 0.125. The summed E-state index contributed by atoms with van der Waals surface area (Å²) in [5, 5.41) is 11.5. The first-order valence-corrected chi connectivity index (χ1v) is 7.14. The number of amides is 1. The summed E-state index contributed by atoms with van der Waals surface area (Å²) >= 11 is 3.41. The van der Waals surface area contributed by atoms with Crippen molar-refractivity contribution in [2.24, 2.45) is 0 Å². The summed E-state index contributed by atoms with van der Waals surface area (Å²) < 4.78 is 0.769. The monoisotopic (exact) mass is 347 g/mol. The van der Waals surface area contributed by atoms with Crippen molar-refractivity contribution in [2.45, 2.75) is 13.3 Å². The highest BCUT2D eigenvalue weighted by Crippen LogP contribution is 2.22. The second-order valence-electron chi connectivity index (χ2n) is 4.66. The molecule has 5 heteroatoms. The van der Waals surface area contributed by atoms with Crippen LogP contribution in [0.1, 0.15) is 21.5 Å². The molecule has 2 aromatic carbocycles. The van der Waals surface area contributed by atoms with Crippen LogP contribution < -0.4 is 5.32 Å². The number of benzene rings is 2. The Labute approximate surface area is 130 Å². The molecule has 0 fully saturated rings. The Balaban J connectivity index is 2.12. The van der Waals surface area contributed by atoms with E-state index in [-0.39, 0.29) is 12.3 Å². The van der Waals surface area contributed by atoms with Crippen LogP contribution in [-0.2, 0) is 11.2 Å². The molecule has 0 aromatic heterocycles. The molecule has 0 heterocycles. The highest BCUT2D eigenvalue weighted by Gasteiger charge is 2.11. The average Bonchev–Trinajstić information content (AvgIpc) is 2.43. The number of hydrogen-bond acceptors (Lipinski definition) is 2. The van der Waals surface area contributed by atoms with Gasteiger partial charge >= 0.3 is 5.97 Å². The van der Waals surface area contributed by atoms with Gasteiger partial charge in [0, 0.05) is 10.2 Å². The number of carbonyl (C=O) groups excluding carboxylic acids is 1.